The third-order valence-electron chi connectivity index (χ3n) is 4.40. The topological polar surface area (TPSA) is 60.2 Å². The van der Waals surface area contributed by atoms with Crippen molar-refractivity contribution in [1.82, 2.24) is 9.97 Å². The summed E-state index contributed by atoms with van der Waals surface area (Å²) >= 11 is 1.30. The molecule has 4 rings (SSSR count). The molecule has 160 valence electrons. The van der Waals surface area contributed by atoms with Crippen LogP contribution < -0.4 is 10.1 Å². The second-order valence-corrected chi connectivity index (χ2v) is 7.50. The van der Waals surface area contributed by atoms with E-state index in [0.717, 1.165) is 17.4 Å². The van der Waals surface area contributed by atoms with Crippen molar-refractivity contribution < 1.29 is 22.3 Å². The van der Waals surface area contributed by atoms with Gasteiger partial charge in [0.15, 0.2) is 5.13 Å². The predicted molar refractivity (Wildman–Crippen MR) is 113 cm³/mol. The number of halogens is 3. The van der Waals surface area contributed by atoms with Crippen LogP contribution in [0.3, 0.4) is 0 Å². The Hall–Kier alpha value is -3.33. The summed E-state index contributed by atoms with van der Waals surface area (Å²) in [6.45, 7) is 0.150. The van der Waals surface area contributed by atoms with Gasteiger partial charge in [0.1, 0.15) is 11.5 Å². The number of nitrogens with one attached hydrogen (secondary N) is 1. The molecule has 0 amide bonds. The summed E-state index contributed by atoms with van der Waals surface area (Å²) in [6.07, 6.45) is 1.49. The van der Waals surface area contributed by atoms with Crippen molar-refractivity contribution in [2.75, 3.05) is 11.9 Å². The third kappa shape index (κ3) is 5.43. The average molecular weight is 445 g/mol. The zero-order valence-electron chi connectivity index (χ0n) is 16.2. The van der Waals surface area contributed by atoms with Crippen molar-refractivity contribution in [3.63, 3.8) is 0 Å². The summed E-state index contributed by atoms with van der Waals surface area (Å²) < 4.78 is 51.4. The molecule has 0 radical (unpaired) electrons. The number of aryl methyl sites for hydroxylation is 1. The number of furan rings is 1. The van der Waals surface area contributed by atoms with Gasteiger partial charge in [-0.25, -0.2) is 4.98 Å². The lowest BCUT2D eigenvalue weighted by atomic mass is 10.1. The highest BCUT2D eigenvalue weighted by Crippen LogP contribution is 2.39. The van der Waals surface area contributed by atoms with Crippen molar-refractivity contribution in [3.05, 3.63) is 77.8 Å². The van der Waals surface area contributed by atoms with Gasteiger partial charge in [-0.05, 0) is 48.9 Å². The maximum atomic E-state index is 13.6. The first-order valence-corrected chi connectivity index (χ1v) is 10.4. The third-order valence-corrected chi connectivity index (χ3v) is 5.16. The van der Waals surface area contributed by atoms with Gasteiger partial charge < -0.3 is 14.5 Å². The second-order valence-electron chi connectivity index (χ2n) is 6.64. The molecule has 1 aromatic carbocycles. The molecule has 0 aliphatic carbocycles. The van der Waals surface area contributed by atoms with E-state index in [1.165, 1.54) is 17.4 Å². The van der Waals surface area contributed by atoms with Crippen LogP contribution in [0.2, 0.25) is 0 Å². The number of hydrogen-bond donors (Lipinski definition) is 1. The minimum atomic E-state index is -4.54. The fourth-order valence-corrected chi connectivity index (χ4v) is 3.68. The Morgan fingerprint density at radius 3 is 2.77 bits per heavy atom. The highest BCUT2D eigenvalue weighted by molar-refractivity contribution is 7.14. The lowest BCUT2D eigenvalue weighted by molar-refractivity contribution is -0.138. The van der Waals surface area contributed by atoms with E-state index in [1.807, 2.05) is 17.5 Å². The van der Waals surface area contributed by atoms with Crippen LogP contribution in [0, 0.1) is 0 Å². The molecule has 4 aromatic rings. The van der Waals surface area contributed by atoms with Gasteiger partial charge in [-0.3, -0.25) is 4.98 Å². The van der Waals surface area contributed by atoms with Gasteiger partial charge in [0, 0.05) is 35.4 Å². The van der Waals surface area contributed by atoms with E-state index < -0.39 is 11.7 Å². The quantitative estimate of drug-likeness (QED) is 0.311. The average Bonchev–Trinajstić information content (AvgIpc) is 3.44. The number of benzene rings is 1. The Labute approximate surface area is 180 Å². The molecule has 5 nitrogen and oxygen atoms in total. The Kier molecular flexibility index (Phi) is 6.22. The zero-order valence-corrected chi connectivity index (χ0v) is 17.0. The number of pyridine rings is 1. The lowest BCUT2D eigenvalue weighted by Crippen LogP contribution is -2.10. The van der Waals surface area contributed by atoms with Crippen LogP contribution in [0.25, 0.3) is 11.3 Å². The minimum Gasteiger partial charge on any atom is -0.493 e. The van der Waals surface area contributed by atoms with Gasteiger partial charge in [0.25, 0.3) is 0 Å². The molecule has 9 heteroatoms. The molecule has 0 fully saturated rings. The number of thiazole rings is 1. The summed E-state index contributed by atoms with van der Waals surface area (Å²) in [7, 11) is 0. The first-order chi connectivity index (χ1) is 15.0. The van der Waals surface area contributed by atoms with E-state index >= 15 is 0 Å². The number of anilines is 2. The van der Waals surface area contributed by atoms with Gasteiger partial charge in [0.2, 0.25) is 0 Å². The summed E-state index contributed by atoms with van der Waals surface area (Å²) in [6, 6.07) is 11.2. The molecule has 3 aromatic heterocycles. The van der Waals surface area contributed by atoms with Gasteiger partial charge in [-0.15, -0.1) is 11.3 Å². The lowest BCUT2D eigenvalue weighted by Gasteiger charge is -2.15. The minimum absolute atomic E-state index is 0.150. The maximum Gasteiger partial charge on any atom is 0.420 e. The standard InChI is InChI=1S/C22H18F3N3O2S/c23-22(24,25)18-12-16(7-8-20(18)30-11-3-6-17-5-2-10-29-17)27-21-28-19(14-31-21)15-4-1-9-26-13-15/h1-2,4-5,7-10,12-14H,3,6,11H2,(H,27,28). The molecule has 0 saturated carbocycles. The maximum absolute atomic E-state index is 13.6. The van der Waals surface area contributed by atoms with Crippen LogP contribution in [-0.4, -0.2) is 16.6 Å². The SMILES string of the molecule is FC(F)(F)c1cc(Nc2nc(-c3cccnc3)cs2)ccc1OCCCc1ccco1. The fraction of sp³-hybridized carbons (Fsp3) is 0.182. The molecule has 31 heavy (non-hydrogen) atoms. The van der Waals surface area contributed by atoms with Crippen LogP contribution in [-0.2, 0) is 12.6 Å². The monoisotopic (exact) mass is 445 g/mol. The molecule has 0 bridgehead atoms. The van der Waals surface area contributed by atoms with E-state index in [1.54, 1.807) is 36.9 Å². The van der Waals surface area contributed by atoms with Crippen molar-refractivity contribution in [3.8, 4) is 17.0 Å². The first kappa shape index (κ1) is 20.9. The number of rotatable bonds is 8. The number of nitrogens with zero attached hydrogens (tertiary/aromatic N) is 2. The summed E-state index contributed by atoms with van der Waals surface area (Å²) in [5, 5.41) is 5.24. The fourth-order valence-electron chi connectivity index (χ4n) is 2.94. The van der Waals surface area contributed by atoms with Crippen LogP contribution in [0.4, 0.5) is 24.0 Å². The van der Waals surface area contributed by atoms with Gasteiger partial charge in [0.05, 0.1) is 24.1 Å². The molecule has 0 atom stereocenters. The van der Waals surface area contributed by atoms with Gasteiger partial charge in [-0.1, -0.05) is 0 Å². The second kappa shape index (κ2) is 9.22. The van der Waals surface area contributed by atoms with Crippen LogP contribution in [0.1, 0.15) is 17.7 Å². The van der Waals surface area contributed by atoms with Gasteiger partial charge in [-0.2, -0.15) is 13.2 Å². The van der Waals surface area contributed by atoms with Gasteiger partial charge >= 0.3 is 6.18 Å². The van der Waals surface area contributed by atoms with Crippen LogP contribution in [0.15, 0.2) is 70.9 Å². The molecule has 0 saturated heterocycles. The Morgan fingerprint density at radius 1 is 1.13 bits per heavy atom. The summed E-state index contributed by atoms with van der Waals surface area (Å²) in [5.74, 6) is 0.570. The zero-order chi connectivity index (χ0) is 21.7. The molecular weight excluding hydrogens is 427 g/mol. The Balaban J connectivity index is 1.44. The molecule has 0 aliphatic rings. The highest BCUT2D eigenvalue weighted by Gasteiger charge is 2.34. The number of alkyl halides is 3. The van der Waals surface area contributed by atoms with Crippen LogP contribution >= 0.6 is 11.3 Å². The van der Waals surface area contributed by atoms with Crippen molar-refractivity contribution in [1.29, 1.82) is 0 Å². The molecule has 0 aliphatic heterocycles. The summed E-state index contributed by atoms with van der Waals surface area (Å²) in [4.78, 5) is 8.47. The van der Waals surface area contributed by atoms with Crippen molar-refractivity contribution in [2.24, 2.45) is 0 Å². The van der Waals surface area contributed by atoms with Crippen molar-refractivity contribution >= 4 is 22.2 Å². The number of aromatic nitrogens is 2. The largest absolute Gasteiger partial charge is 0.493 e. The Morgan fingerprint density at radius 2 is 2.03 bits per heavy atom. The molecule has 0 spiro atoms. The molecular formula is C22H18F3N3O2S. The van der Waals surface area contributed by atoms with E-state index in [9.17, 15) is 13.2 Å². The van der Waals surface area contributed by atoms with E-state index in [-0.39, 0.29) is 18.0 Å². The molecule has 1 N–H and O–H groups in total. The smallest absolute Gasteiger partial charge is 0.420 e. The van der Waals surface area contributed by atoms with E-state index in [0.29, 0.717) is 23.7 Å². The number of ether oxygens (including phenoxy) is 1. The summed E-state index contributed by atoms with van der Waals surface area (Å²) in [5.41, 5.74) is 0.983. The Bertz CT molecular complexity index is 1110. The van der Waals surface area contributed by atoms with Crippen LogP contribution in [0.5, 0.6) is 5.75 Å². The van der Waals surface area contributed by atoms with Crippen molar-refractivity contribution in [2.45, 2.75) is 19.0 Å². The van der Waals surface area contributed by atoms with E-state index in [4.69, 9.17) is 9.15 Å². The molecule has 0 unspecified atom stereocenters. The molecule has 3 heterocycles. The predicted octanol–water partition coefficient (Wildman–Crippen LogP) is 6.57. The first-order valence-electron chi connectivity index (χ1n) is 9.48. The normalized spacial score (nSPS) is 11.5. The van der Waals surface area contributed by atoms with E-state index in [2.05, 4.69) is 15.3 Å². The highest BCUT2D eigenvalue weighted by atomic mass is 32.1. The number of hydrogen-bond acceptors (Lipinski definition) is 6.